The molecule has 0 aliphatic rings. The Bertz CT molecular complexity index is 190. The van der Waals surface area contributed by atoms with E-state index < -0.39 is 0 Å². The third-order valence-corrected chi connectivity index (χ3v) is 3.98. The van der Waals surface area contributed by atoms with Crippen LogP contribution in [-0.4, -0.2) is 0 Å². The molecule has 0 heterocycles. The van der Waals surface area contributed by atoms with E-state index in [2.05, 4.69) is 26.8 Å². The topological polar surface area (TPSA) is 0 Å². The van der Waals surface area contributed by atoms with Gasteiger partial charge in [-0.1, -0.05) is 89.7 Å². The Morgan fingerprint density at radius 2 is 1.11 bits per heavy atom. The predicted octanol–water partition coefficient (Wildman–Crippen LogP) is 7.43. The van der Waals surface area contributed by atoms with E-state index >= 15 is 0 Å². The van der Waals surface area contributed by atoms with Crippen molar-refractivity contribution >= 4 is 0 Å². The predicted molar refractivity (Wildman–Crippen MR) is 89.7 cm³/mol. The maximum absolute atomic E-state index is 2.49. The van der Waals surface area contributed by atoms with Crippen molar-refractivity contribution < 1.29 is 0 Å². The molecule has 0 rings (SSSR count). The van der Waals surface area contributed by atoms with Crippen LogP contribution in [-0.2, 0) is 0 Å². The summed E-state index contributed by atoms with van der Waals surface area (Å²) in [6.45, 7) is 6.90. The summed E-state index contributed by atoms with van der Waals surface area (Å²) in [5.41, 5.74) is 1.63. The number of hydrogen-bond acceptors (Lipinski definition) is 0. The van der Waals surface area contributed by atoms with Crippen LogP contribution in [0.25, 0.3) is 0 Å². The molecule has 0 nitrogen and oxygen atoms in total. The summed E-state index contributed by atoms with van der Waals surface area (Å²) in [5.74, 6) is 0. The monoisotopic (exact) mass is 266 g/mol. The number of hydrogen-bond donors (Lipinski definition) is 0. The molecule has 0 saturated heterocycles. The fraction of sp³-hybridized carbons (Fsp3) is 0.895. The standard InChI is InChI=1S/C19H38/c1-4-6-8-10-12-14-16-18-19(3)17-15-13-11-9-7-5-2/h18H,4-17H2,1-3H3/b19-18+. The Hall–Kier alpha value is -0.260. The lowest BCUT2D eigenvalue weighted by atomic mass is 10.0. The van der Waals surface area contributed by atoms with Gasteiger partial charge in [0.2, 0.25) is 0 Å². The molecule has 0 bridgehead atoms. The van der Waals surface area contributed by atoms with Crippen LogP contribution in [0.4, 0.5) is 0 Å². The lowest BCUT2D eigenvalue weighted by molar-refractivity contribution is 0.602. The van der Waals surface area contributed by atoms with Gasteiger partial charge < -0.3 is 0 Å². The van der Waals surface area contributed by atoms with Crippen molar-refractivity contribution in [1.82, 2.24) is 0 Å². The average molecular weight is 267 g/mol. The maximum atomic E-state index is 2.49. The molecule has 114 valence electrons. The van der Waals surface area contributed by atoms with Crippen molar-refractivity contribution in [2.24, 2.45) is 0 Å². The zero-order valence-corrected chi connectivity index (χ0v) is 14.0. The zero-order chi connectivity index (χ0) is 14.2. The zero-order valence-electron chi connectivity index (χ0n) is 14.0. The van der Waals surface area contributed by atoms with Crippen LogP contribution in [0.1, 0.15) is 111 Å². The van der Waals surface area contributed by atoms with E-state index in [0.717, 1.165) is 0 Å². The smallest absolute Gasteiger partial charge is 0.0323 e. The van der Waals surface area contributed by atoms with Gasteiger partial charge in [0.25, 0.3) is 0 Å². The van der Waals surface area contributed by atoms with Crippen molar-refractivity contribution in [2.45, 2.75) is 111 Å². The first-order valence-corrected chi connectivity index (χ1v) is 8.96. The van der Waals surface area contributed by atoms with E-state index in [-0.39, 0.29) is 0 Å². The van der Waals surface area contributed by atoms with Crippen molar-refractivity contribution in [2.75, 3.05) is 0 Å². The molecule has 0 aromatic heterocycles. The SMILES string of the molecule is CCCCCCCC/C=C(\C)CCCCCCCC. The number of rotatable bonds is 14. The molecule has 0 atom stereocenters. The fourth-order valence-electron chi connectivity index (χ4n) is 2.56. The molecule has 0 fully saturated rings. The molecular formula is C19H38. The molecule has 0 unspecified atom stereocenters. The second kappa shape index (κ2) is 15.8. The van der Waals surface area contributed by atoms with E-state index in [1.54, 1.807) is 5.57 Å². The van der Waals surface area contributed by atoms with E-state index in [0.29, 0.717) is 0 Å². The minimum Gasteiger partial charge on any atom is -0.0856 e. The highest BCUT2D eigenvalue weighted by molar-refractivity contribution is 4.97. The molecule has 0 radical (unpaired) electrons. The van der Waals surface area contributed by atoms with Gasteiger partial charge in [-0.25, -0.2) is 0 Å². The average Bonchev–Trinajstić information content (AvgIpc) is 2.41. The molecule has 0 spiro atoms. The molecule has 0 aromatic carbocycles. The summed E-state index contributed by atoms with van der Waals surface area (Å²) in [7, 11) is 0. The van der Waals surface area contributed by atoms with Crippen LogP contribution in [0.15, 0.2) is 11.6 Å². The van der Waals surface area contributed by atoms with Crippen molar-refractivity contribution in [3.05, 3.63) is 11.6 Å². The Balaban J connectivity index is 3.25. The van der Waals surface area contributed by atoms with Crippen molar-refractivity contribution in [3.63, 3.8) is 0 Å². The van der Waals surface area contributed by atoms with Crippen LogP contribution in [0, 0.1) is 0 Å². The van der Waals surface area contributed by atoms with Crippen LogP contribution in [0.5, 0.6) is 0 Å². The highest BCUT2D eigenvalue weighted by Crippen LogP contribution is 2.13. The molecular weight excluding hydrogens is 228 g/mol. The molecule has 0 aromatic rings. The quantitative estimate of drug-likeness (QED) is 0.226. The fourth-order valence-corrected chi connectivity index (χ4v) is 2.56. The summed E-state index contributed by atoms with van der Waals surface area (Å²) >= 11 is 0. The second-order valence-corrected chi connectivity index (χ2v) is 6.12. The third-order valence-electron chi connectivity index (χ3n) is 3.98. The summed E-state index contributed by atoms with van der Waals surface area (Å²) in [5, 5.41) is 0. The first-order valence-electron chi connectivity index (χ1n) is 8.96. The van der Waals surface area contributed by atoms with Crippen LogP contribution < -0.4 is 0 Å². The molecule has 0 aliphatic heterocycles. The Morgan fingerprint density at radius 3 is 1.68 bits per heavy atom. The minimum absolute atomic E-state index is 1.31. The minimum atomic E-state index is 1.31. The van der Waals surface area contributed by atoms with Gasteiger partial charge in [-0.05, 0) is 32.6 Å². The van der Waals surface area contributed by atoms with Crippen LogP contribution >= 0.6 is 0 Å². The van der Waals surface area contributed by atoms with E-state index in [1.165, 1.54) is 89.9 Å². The van der Waals surface area contributed by atoms with Gasteiger partial charge in [0.1, 0.15) is 0 Å². The van der Waals surface area contributed by atoms with Gasteiger partial charge in [0, 0.05) is 0 Å². The van der Waals surface area contributed by atoms with Gasteiger partial charge in [-0.2, -0.15) is 0 Å². The first-order chi connectivity index (χ1) is 9.31. The third kappa shape index (κ3) is 15.7. The molecule has 0 amide bonds. The van der Waals surface area contributed by atoms with Gasteiger partial charge in [0.15, 0.2) is 0 Å². The van der Waals surface area contributed by atoms with Crippen LogP contribution in [0.3, 0.4) is 0 Å². The lowest BCUT2D eigenvalue weighted by Crippen LogP contribution is -1.83. The highest BCUT2D eigenvalue weighted by Gasteiger charge is 1.93. The Labute approximate surface area is 123 Å². The first kappa shape index (κ1) is 18.7. The lowest BCUT2D eigenvalue weighted by Gasteiger charge is -2.03. The van der Waals surface area contributed by atoms with Crippen LogP contribution in [0.2, 0.25) is 0 Å². The highest BCUT2D eigenvalue weighted by atomic mass is 14.0. The van der Waals surface area contributed by atoms with E-state index in [1.807, 2.05) is 0 Å². The van der Waals surface area contributed by atoms with E-state index in [9.17, 15) is 0 Å². The normalized spacial score (nSPS) is 12.1. The molecule has 0 saturated carbocycles. The number of unbranched alkanes of at least 4 members (excludes halogenated alkanes) is 11. The molecule has 0 heteroatoms. The van der Waals surface area contributed by atoms with Crippen molar-refractivity contribution in [3.8, 4) is 0 Å². The number of allylic oxidation sites excluding steroid dienone is 2. The maximum Gasteiger partial charge on any atom is -0.0323 e. The van der Waals surface area contributed by atoms with Gasteiger partial charge in [0.05, 0.1) is 0 Å². The Kier molecular flexibility index (Phi) is 15.6. The van der Waals surface area contributed by atoms with Gasteiger partial charge >= 0.3 is 0 Å². The van der Waals surface area contributed by atoms with Crippen molar-refractivity contribution in [1.29, 1.82) is 0 Å². The molecule has 19 heavy (non-hydrogen) atoms. The van der Waals surface area contributed by atoms with Gasteiger partial charge in [-0.3, -0.25) is 0 Å². The second-order valence-electron chi connectivity index (χ2n) is 6.12. The Morgan fingerprint density at radius 1 is 0.632 bits per heavy atom. The molecule has 0 aliphatic carbocycles. The summed E-state index contributed by atoms with van der Waals surface area (Å²) in [6.07, 6.45) is 22.1. The van der Waals surface area contributed by atoms with Gasteiger partial charge in [-0.15, -0.1) is 0 Å². The van der Waals surface area contributed by atoms with E-state index in [4.69, 9.17) is 0 Å². The summed E-state index contributed by atoms with van der Waals surface area (Å²) in [4.78, 5) is 0. The summed E-state index contributed by atoms with van der Waals surface area (Å²) in [6, 6.07) is 0. The molecule has 0 N–H and O–H groups in total. The summed E-state index contributed by atoms with van der Waals surface area (Å²) < 4.78 is 0. The largest absolute Gasteiger partial charge is 0.0856 e.